The zero-order valence-electron chi connectivity index (χ0n) is 28.2. The molecule has 1 amide bonds. The van der Waals surface area contributed by atoms with E-state index in [9.17, 15) is 28.6 Å². The van der Waals surface area contributed by atoms with E-state index in [1.807, 2.05) is 0 Å². The molecule has 0 saturated heterocycles. The van der Waals surface area contributed by atoms with Crippen molar-refractivity contribution in [1.82, 2.24) is 5.32 Å². The maximum atomic E-state index is 12.5. The summed E-state index contributed by atoms with van der Waals surface area (Å²) in [4.78, 5) is 56.7. The van der Waals surface area contributed by atoms with Gasteiger partial charge in [-0.1, -0.05) is 117 Å². The summed E-state index contributed by atoms with van der Waals surface area (Å²) in [6.45, 7) is 2.91. The predicted octanol–water partition coefficient (Wildman–Crippen LogP) is 7.17. The van der Waals surface area contributed by atoms with E-state index >= 15 is 0 Å². The van der Waals surface area contributed by atoms with Gasteiger partial charge in [-0.15, -0.1) is 0 Å². The van der Waals surface area contributed by atoms with Crippen molar-refractivity contribution in [1.29, 1.82) is 0 Å². The number of hydrogen-bond donors (Lipinski definition) is 3. The molecule has 1 unspecified atom stereocenters. The van der Waals surface area contributed by atoms with Gasteiger partial charge in [-0.3, -0.25) is 23.4 Å². The van der Waals surface area contributed by atoms with E-state index in [-0.39, 0.29) is 26.0 Å². The van der Waals surface area contributed by atoms with E-state index in [0.717, 1.165) is 44.6 Å². The normalized spacial score (nSPS) is 13.3. The first kappa shape index (κ1) is 43.7. The molecule has 13 heteroatoms. The Balaban J connectivity index is 4.62. The summed E-state index contributed by atoms with van der Waals surface area (Å²) in [6.07, 6.45) is 20.6. The summed E-state index contributed by atoms with van der Waals surface area (Å²) >= 11 is 0. The van der Waals surface area contributed by atoms with E-state index in [4.69, 9.17) is 23.6 Å². The number of carbonyl (C=O) groups excluding carboxylic acids is 3. The zero-order chi connectivity index (χ0) is 34.3. The minimum absolute atomic E-state index is 0.169. The number of unbranched alkanes of at least 4 members (excludes halogenated alkanes) is 16. The van der Waals surface area contributed by atoms with Crippen molar-refractivity contribution >= 4 is 31.6 Å². The van der Waals surface area contributed by atoms with Crippen LogP contribution in [0.2, 0.25) is 0 Å². The first-order chi connectivity index (χ1) is 22.1. The van der Waals surface area contributed by atoms with Gasteiger partial charge in [0, 0.05) is 31.5 Å². The SMILES string of the molecule is CCCCCCCCCCCC(=O)OC[C@H](COP(=O)(O)OCCNC(=O)/C=C\C(=O)O)OC(=O)CCCCCCCCCCC. The highest BCUT2D eigenvalue weighted by Gasteiger charge is 2.26. The third-order valence-corrected chi connectivity index (χ3v) is 8.14. The Morgan fingerprint density at radius 1 is 0.674 bits per heavy atom. The topological polar surface area (TPSA) is 175 Å². The Kier molecular flexibility index (Phi) is 28.6. The van der Waals surface area contributed by atoms with E-state index in [1.54, 1.807) is 0 Å². The summed E-state index contributed by atoms with van der Waals surface area (Å²) < 4.78 is 32.8. The number of phosphoric ester groups is 1. The Hall–Kier alpha value is -2.27. The lowest BCUT2D eigenvalue weighted by atomic mass is 10.1. The third-order valence-electron chi connectivity index (χ3n) is 7.15. The third kappa shape index (κ3) is 30.4. The fraction of sp³-hybridized carbons (Fsp3) is 0.818. The van der Waals surface area contributed by atoms with Gasteiger partial charge >= 0.3 is 25.7 Å². The number of hydrogen-bond acceptors (Lipinski definition) is 9. The van der Waals surface area contributed by atoms with Crippen molar-refractivity contribution in [3.8, 4) is 0 Å². The minimum Gasteiger partial charge on any atom is -0.478 e. The lowest BCUT2D eigenvalue weighted by molar-refractivity contribution is -0.161. The van der Waals surface area contributed by atoms with Crippen molar-refractivity contribution in [2.75, 3.05) is 26.4 Å². The number of aliphatic carboxylic acids is 1. The fourth-order valence-corrected chi connectivity index (χ4v) is 5.29. The van der Waals surface area contributed by atoms with E-state index in [2.05, 4.69) is 19.2 Å². The molecular weight excluding hydrogens is 617 g/mol. The van der Waals surface area contributed by atoms with E-state index in [0.29, 0.717) is 18.9 Å². The van der Waals surface area contributed by atoms with Crippen LogP contribution in [-0.2, 0) is 42.3 Å². The highest BCUT2D eigenvalue weighted by molar-refractivity contribution is 7.47. The van der Waals surface area contributed by atoms with Gasteiger partial charge in [0.25, 0.3) is 0 Å². The number of phosphoric acid groups is 1. The zero-order valence-corrected chi connectivity index (χ0v) is 29.1. The van der Waals surface area contributed by atoms with E-state index in [1.165, 1.54) is 64.2 Å². The second-order valence-electron chi connectivity index (χ2n) is 11.5. The molecule has 0 radical (unpaired) electrons. The predicted molar refractivity (Wildman–Crippen MR) is 176 cm³/mol. The highest BCUT2D eigenvalue weighted by atomic mass is 31.2. The van der Waals surface area contributed by atoms with Crippen molar-refractivity contribution in [2.45, 2.75) is 148 Å². The van der Waals surface area contributed by atoms with Gasteiger partial charge in [-0.25, -0.2) is 9.36 Å². The average Bonchev–Trinajstić information content (AvgIpc) is 3.01. The molecule has 12 nitrogen and oxygen atoms in total. The van der Waals surface area contributed by atoms with Crippen LogP contribution in [0.4, 0.5) is 0 Å². The van der Waals surface area contributed by atoms with Crippen LogP contribution >= 0.6 is 7.82 Å². The minimum atomic E-state index is -4.61. The van der Waals surface area contributed by atoms with Gasteiger partial charge in [0.05, 0.1) is 13.2 Å². The van der Waals surface area contributed by atoms with Crippen LogP contribution in [0.25, 0.3) is 0 Å². The summed E-state index contributed by atoms with van der Waals surface area (Å²) in [7, 11) is -4.61. The number of ether oxygens (including phenoxy) is 2. The Bertz CT molecular complexity index is 897. The van der Waals surface area contributed by atoms with Gasteiger partial charge in [0.2, 0.25) is 5.91 Å². The van der Waals surface area contributed by atoms with Crippen molar-refractivity contribution < 1.29 is 52.3 Å². The monoisotopic (exact) mass is 677 g/mol. The number of amides is 1. The molecule has 2 atom stereocenters. The standard InChI is InChI=1S/C33H60NO11P/c1-3-5-7-9-11-13-15-17-19-21-32(38)42-27-29(45-33(39)22-20-18-16-14-12-10-8-6-4-2)28-44-46(40,41)43-26-25-34-30(35)23-24-31(36)37/h23-24,29H,3-22,25-28H2,1-2H3,(H,34,35)(H,36,37)(H,40,41)/b24-23-/t29-/m1/s1. The molecule has 0 spiro atoms. The average molecular weight is 678 g/mol. The molecule has 0 heterocycles. The molecule has 46 heavy (non-hydrogen) atoms. The molecule has 0 aliphatic heterocycles. The second-order valence-corrected chi connectivity index (χ2v) is 13.0. The van der Waals surface area contributed by atoms with Gasteiger partial charge in [0.1, 0.15) is 6.61 Å². The fourth-order valence-electron chi connectivity index (χ4n) is 4.53. The Morgan fingerprint density at radius 2 is 1.15 bits per heavy atom. The number of esters is 2. The van der Waals surface area contributed by atoms with Gasteiger partial charge in [0.15, 0.2) is 6.10 Å². The Labute approximate surface area is 276 Å². The van der Waals surface area contributed by atoms with Gasteiger partial charge in [-0.2, -0.15) is 0 Å². The Morgan fingerprint density at radius 3 is 1.65 bits per heavy atom. The smallest absolute Gasteiger partial charge is 0.472 e. The molecule has 0 aromatic rings. The summed E-state index contributed by atoms with van der Waals surface area (Å²) in [6, 6.07) is 0. The van der Waals surface area contributed by atoms with Crippen LogP contribution in [0.15, 0.2) is 12.2 Å². The molecule has 0 bridgehead atoms. The molecule has 0 fully saturated rings. The summed E-state index contributed by atoms with van der Waals surface area (Å²) in [5, 5.41) is 10.8. The molecule has 0 aromatic carbocycles. The van der Waals surface area contributed by atoms with Crippen LogP contribution < -0.4 is 5.32 Å². The first-order valence-electron chi connectivity index (χ1n) is 17.2. The number of carbonyl (C=O) groups is 4. The number of rotatable bonds is 32. The van der Waals surface area contributed by atoms with Gasteiger partial charge < -0.3 is 24.8 Å². The quantitative estimate of drug-likeness (QED) is 0.0285. The molecular formula is C33H60NO11P. The molecule has 0 rings (SSSR count). The number of nitrogens with one attached hydrogen (secondary N) is 1. The maximum absolute atomic E-state index is 12.5. The van der Waals surface area contributed by atoms with Gasteiger partial charge in [-0.05, 0) is 12.8 Å². The van der Waals surface area contributed by atoms with Crippen LogP contribution in [0.1, 0.15) is 142 Å². The van der Waals surface area contributed by atoms with Crippen LogP contribution in [0.3, 0.4) is 0 Å². The van der Waals surface area contributed by atoms with Crippen molar-refractivity contribution in [3.63, 3.8) is 0 Å². The van der Waals surface area contributed by atoms with E-state index < -0.39 is 51.0 Å². The second kappa shape index (κ2) is 30.1. The molecule has 3 N–H and O–H groups in total. The molecule has 0 aliphatic rings. The largest absolute Gasteiger partial charge is 0.478 e. The lowest BCUT2D eigenvalue weighted by Crippen LogP contribution is -2.30. The lowest BCUT2D eigenvalue weighted by Gasteiger charge is -2.20. The first-order valence-corrected chi connectivity index (χ1v) is 18.7. The number of carboxylic acid groups (broad SMARTS) is 1. The van der Waals surface area contributed by atoms with Crippen LogP contribution in [0.5, 0.6) is 0 Å². The maximum Gasteiger partial charge on any atom is 0.472 e. The van der Waals surface area contributed by atoms with Crippen molar-refractivity contribution in [3.05, 3.63) is 12.2 Å². The highest BCUT2D eigenvalue weighted by Crippen LogP contribution is 2.43. The molecule has 0 saturated carbocycles. The summed E-state index contributed by atoms with van der Waals surface area (Å²) in [5.41, 5.74) is 0. The molecule has 0 aromatic heterocycles. The van der Waals surface area contributed by atoms with Crippen LogP contribution in [-0.4, -0.2) is 66.3 Å². The van der Waals surface area contributed by atoms with Crippen LogP contribution in [0, 0.1) is 0 Å². The summed E-state index contributed by atoms with van der Waals surface area (Å²) in [5.74, 6) is -2.98. The van der Waals surface area contributed by atoms with Crippen molar-refractivity contribution in [2.24, 2.45) is 0 Å². The molecule has 268 valence electrons. The number of carboxylic acids is 1. The molecule has 0 aliphatic carbocycles.